The summed E-state index contributed by atoms with van der Waals surface area (Å²) in [5, 5.41) is 6.74. The molecule has 11 aromatic rings. The maximum atomic E-state index is 6.88. The number of benzene rings is 9. The summed E-state index contributed by atoms with van der Waals surface area (Å²) in [6.07, 6.45) is 0. The molecule has 0 saturated heterocycles. The van der Waals surface area contributed by atoms with Gasteiger partial charge in [-0.2, -0.15) is 0 Å². The second kappa shape index (κ2) is 12.6. The number of nitrogens with zero attached hydrogens (tertiary/aromatic N) is 1. The average molecular weight is 704 g/mol. The molecule has 258 valence electrons. The molecule has 0 aliphatic heterocycles. The number of para-hydroxylation sites is 4. The van der Waals surface area contributed by atoms with Crippen LogP contribution in [0.2, 0.25) is 0 Å². The van der Waals surface area contributed by atoms with E-state index in [1.165, 1.54) is 16.5 Å². The minimum Gasteiger partial charge on any atom is -0.455 e. The van der Waals surface area contributed by atoms with Crippen LogP contribution in [-0.2, 0) is 0 Å². The predicted octanol–water partition coefficient (Wildman–Crippen LogP) is 15.1. The fourth-order valence-corrected chi connectivity index (χ4v) is 8.28. The smallest absolute Gasteiger partial charge is 0.143 e. The predicted molar refractivity (Wildman–Crippen MR) is 229 cm³/mol. The van der Waals surface area contributed by atoms with Gasteiger partial charge in [0.05, 0.1) is 5.69 Å². The van der Waals surface area contributed by atoms with E-state index in [0.29, 0.717) is 0 Å². The maximum absolute atomic E-state index is 6.88. The van der Waals surface area contributed by atoms with Crippen LogP contribution >= 0.6 is 0 Å². The van der Waals surface area contributed by atoms with E-state index < -0.39 is 0 Å². The lowest BCUT2D eigenvalue weighted by Gasteiger charge is -2.28. The molecule has 0 radical (unpaired) electrons. The lowest BCUT2D eigenvalue weighted by atomic mass is 9.98. The van der Waals surface area contributed by atoms with E-state index in [2.05, 4.69) is 193 Å². The number of fused-ring (bicyclic) bond motifs is 8. The molecule has 9 aromatic carbocycles. The number of anilines is 3. The summed E-state index contributed by atoms with van der Waals surface area (Å²) in [6, 6.07) is 70.8. The van der Waals surface area contributed by atoms with Crippen molar-refractivity contribution in [1.29, 1.82) is 0 Å². The van der Waals surface area contributed by atoms with Crippen LogP contribution in [-0.4, -0.2) is 0 Å². The molecule has 0 aliphatic rings. The van der Waals surface area contributed by atoms with Crippen LogP contribution in [0.1, 0.15) is 0 Å². The van der Waals surface area contributed by atoms with Gasteiger partial charge in [0, 0.05) is 55.0 Å². The van der Waals surface area contributed by atoms with Crippen LogP contribution in [0.5, 0.6) is 0 Å². The highest BCUT2D eigenvalue weighted by Gasteiger charge is 2.22. The van der Waals surface area contributed by atoms with Gasteiger partial charge >= 0.3 is 0 Å². The Kier molecular flexibility index (Phi) is 7.17. The third-order valence-electron chi connectivity index (χ3n) is 10.9. The van der Waals surface area contributed by atoms with E-state index in [0.717, 1.165) is 88.6 Å². The van der Waals surface area contributed by atoms with E-state index in [4.69, 9.17) is 8.83 Å². The van der Waals surface area contributed by atoms with Gasteiger partial charge in [0.1, 0.15) is 22.3 Å². The summed E-state index contributed by atoms with van der Waals surface area (Å²) in [5.41, 5.74) is 13.3. The van der Waals surface area contributed by atoms with Crippen LogP contribution in [0.4, 0.5) is 17.1 Å². The Labute approximate surface area is 317 Å². The van der Waals surface area contributed by atoms with Gasteiger partial charge in [0.2, 0.25) is 0 Å². The van der Waals surface area contributed by atoms with Gasteiger partial charge in [-0.15, -0.1) is 0 Å². The number of hydrogen-bond acceptors (Lipinski definition) is 3. The summed E-state index contributed by atoms with van der Waals surface area (Å²) in [4.78, 5) is 2.36. The van der Waals surface area contributed by atoms with Gasteiger partial charge in [0.15, 0.2) is 0 Å². The first-order valence-electron chi connectivity index (χ1n) is 18.7. The minimum atomic E-state index is 0.881. The quantitative estimate of drug-likeness (QED) is 0.173. The molecule has 11 rings (SSSR count). The highest BCUT2D eigenvalue weighted by atomic mass is 16.3. The first-order valence-corrected chi connectivity index (χ1v) is 18.7. The van der Waals surface area contributed by atoms with Crippen molar-refractivity contribution in [3.8, 4) is 33.4 Å². The zero-order valence-corrected chi connectivity index (χ0v) is 29.8. The van der Waals surface area contributed by atoms with Gasteiger partial charge in [-0.3, -0.25) is 0 Å². The first-order chi connectivity index (χ1) is 27.3. The molecule has 55 heavy (non-hydrogen) atoms. The van der Waals surface area contributed by atoms with Crippen molar-refractivity contribution in [2.24, 2.45) is 0 Å². The summed E-state index contributed by atoms with van der Waals surface area (Å²) < 4.78 is 13.4. The van der Waals surface area contributed by atoms with E-state index in [1.54, 1.807) is 0 Å². The second-order valence-electron chi connectivity index (χ2n) is 14.0. The van der Waals surface area contributed by atoms with Crippen LogP contribution < -0.4 is 4.90 Å². The summed E-state index contributed by atoms with van der Waals surface area (Å²) >= 11 is 0. The zero-order chi connectivity index (χ0) is 36.3. The van der Waals surface area contributed by atoms with Gasteiger partial charge in [-0.1, -0.05) is 158 Å². The molecular weight excluding hydrogens is 671 g/mol. The lowest BCUT2D eigenvalue weighted by molar-refractivity contribution is 0.670. The van der Waals surface area contributed by atoms with Crippen molar-refractivity contribution in [2.45, 2.75) is 0 Å². The third-order valence-corrected chi connectivity index (χ3v) is 10.9. The fourth-order valence-electron chi connectivity index (χ4n) is 8.28. The Balaban J connectivity index is 1.12. The molecule has 2 heterocycles. The summed E-state index contributed by atoms with van der Waals surface area (Å²) in [5.74, 6) is 0. The topological polar surface area (TPSA) is 29.5 Å². The Morgan fingerprint density at radius 1 is 0.309 bits per heavy atom. The highest BCUT2D eigenvalue weighted by molar-refractivity contribution is 6.18. The highest BCUT2D eigenvalue weighted by Crippen LogP contribution is 2.46. The van der Waals surface area contributed by atoms with E-state index >= 15 is 0 Å². The molecule has 0 amide bonds. The SMILES string of the molecule is c1ccc(-c2ccc(N(c3cccc(-c4cccc5c4oc4ccccc45)c3)c3ccccc3-c3cccc4c3oc3c5ccccc5ccc43)cc2)cc1. The zero-order valence-electron chi connectivity index (χ0n) is 29.8. The van der Waals surface area contributed by atoms with E-state index in [1.807, 2.05) is 12.1 Å². The Morgan fingerprint density at radius 2 is 0.909 bits per heavy atom. The molecule has 0 N–H and O–H groups in total. The fraction of sp³-hybridized carbons (Fsp3) is 0. The molecule has 0 fully saturated rings. The van der Waals surface area contributed by atoms with Crippen molar-refractivity contribution in [1.82, 2.24) is 0 Å². The van der Waals surface area contributed by atoms with Crippen LogP contribution in [0.25, 0.3) is 88.0 Å². The molecular formula is C52H33NO2. The molecule has 2 aromatic heterocycles. The van der Waals surface area contributed by atoms with Gasteiger partial charge in [-0.25, -0.2) is 0 Å². The van der Waals surface area contributed by atoms with Crippen molar-refractivity contribution in [2.75, 3.05) is 4.90 Å². The van der Waals surface area contributed by atoms with Crippen molar-refractivity contribution in [3.63, 3.8) is 0 Å². The molecule has 3 nitrogen and oxygen atoms in total. The monoisotopic (exact) mass is 703 g/mol. The number of furan rings is 2. The molecule has 3 heteroatoms. The first kappa shape index (κ1) is 31.2. The van der Waals surface area contributed by atoms with Crippen LogP contribution in [0.15, 0.2) is 209 Å². The second-order valence-corrected chi connectivity index (χ2v) is 14.0. The molecule has 0 spiro atoms. The van der Waals surface area contributed by atoms with Crippen molar-refractivity contribution >= 4 is 71.7 Å². The summed E-state index contributed by atoms with van der Waals surface area (Å²) in [7, 11) is 0. The summed E-state index contributed by atoms with van der Waals surface area (Å²) in [6.45, 7) is 0. The minimum absolute atomic E-state index is 0.881. The van der Waals surface area contributed by atoms with Gasteiger partial charge in [-0.05, 0) is 64.5 Å². The molecule has 0 bridgehead atoms. The standard InChI is InChI=1S/C52H33NO2/c1-2-13-34(14-3-1)35-27-30-38(31-28-35)53(39-17-10-16-37(33-39)41-21-11-23-45-43-20-7-9-26-49(43)54-50(41)45)48-25-8-6-19-42(48)44-22-12-24-46-47-32-29-36-15-4-5-18-40(36)51(47)55-52(44)46/h1-33H. The Morgan fingerprint density at radius 3 is 1.78 bits per heavy atom. The molecule has 0 aliphatic carbocycles. The average Bonchev–Trinajstić information content (AvgIpc) is 3.84. The van der Waals surface area contributed by atoms with E-state index in [-0.39, 0.29) is 0 Å². The van der Waals surface area contributed by atoms with Crippen molar-refractivity contribution in [3.05, 3.63) is 200 Å². The van der Waals surface area contributed by atoms with Gasteiger partial charge in [0.25, 0.3) is 0 Å². The van der Waals surface area contributed by atoms with Crippen LogP contribution in [0.3, 0.4) is 0 Å². The van der Waals surface area contributed by atoms with Gasteiger partial charge < -0.3 is 13.7 Å². The Hall–Kier alpha value is -7.36. The largest absolute Gasteiger partial charge is 0.455 e. The molecule has 0 saturated carbocycles. The maximum Gasteiger partial charge on any atom is 0.143 e. The number of rotatable bonds is 6. The van der Waals surface area contributed by atoms with E-state index in [9.17, 15) is 0 Å². The van der Waals surface area contributed by atoms with Crippen molar-refractivity contribution < 1.29 is 8.83 Å². The normalized spacial score (nSPS) is 11.6. The number of hydrogen-bond donors (Lipinski definition) is 0. The molecule has 0 unspecified atom stereocenters. The van der Waals surface area contributed by atoms with Crippen LogP contribution in [0, 0.1) is 0 Å². The third kappa shape index (κ3) is 5.13. The lowest BCUT2D eigenvalue weighted by Crippen LogP contribution is -2.11. The Bertz CT molecular complexity index is 3210. The molecule has 0 atom stereocenters.